The Kier molecular flexibility index (Phi) is 7.52. The monoisotopic (exact) mass is 409 g/mol. The lowest BCUT2D eigenvalue weighted by Gasteiger charge is -2.25. The van der Waals surface area contributed by atoms with Gasteiger partial charge in [-0.05, 0) is 69.3 Å². The van der Waals surface area contributed by atoms with Crippen molar-refractivity contribution >= 4 is 19.3 Å². The van der Waals surface area contributed by atoms with Gasteiger partial charge in [0.05, 0.1) is 12.8 Å². The van der Waals surface area contributed by atoms with Gasteiger partial charge in [0, 0.05) is 25.3 Å². The molecule has 2 fully saturated rings. The van der Waals surface area contributed by atoms with E-state index in [9.17, 15) is 14.3 Å². The summed E-state index contributed by atoms with van der Waals surface area (Å²) in [6.07, 6.45) is 4.08. The van der Waals surface area contributed by atoms with Crippen LogP contribution in [0, 0.1) is 5.92 Å². The summed E-state index contributed by atoms with van der Waals surface area (Å²) < 4.78 is 16.7. The number of hydrogen-bond donors (Lipinski definition) is 2. The van der Waals surface area contributed by atoms with E-state index in [0.717, 1.165) is 49.8 Å². The second-order valence-electron chi connectivity index (χ2n) is 7.60. The van der Waals surface area contributed by atoms with E-state index >= 15 is 0 Å². The molecule has 2 N–H and O–H groups in total. The fraction of sp³-hybridized carbons (Fsp3) is 0.650. The van der Waals surface area contributed by atoms with E-state index in [4.69, 9.17) is 4.52 Å². The minimum Gasteiger partial charge on any atom is -0.324 e. The molecule has 2 saturated heterocycles. The summed E-state index contributed by atoms with van der Waals surface area (Å²) in [6.45, 7) is 6.44. The molecule has 1 atom stereocenters. The minimum atomic E-state index is -3.50. The molecule has 2 aliphatic rings. The van der Waals surface area contributed by atoms with Crippen molar-refractivity contribution in [3.8, 4) is 0 Å². The lowest BCUT2D eigenvalue weighted by atomic mass is 9.94. The van der Waals surface area contributed by atoms with Gasteiger partial charge in [0.15, 0.2) is 0 Å². The number of aryl methyl sites for hydroxylation is 1. The number of urea groups is 1. The van der Waals surface area contributed by atoms with Crippen LogP contribution in [0.4, 0.5) is 10.5 Å². The predicted molar refractivity (Wildman–Crippen MR) is 111 cm³/mol. The van der Waals surface area contributed by atoms with Crippen LogP contribution in [0.15, 0.2) is 24.3 Å². The number of carbonyl (C=O) groups excluding carboxylic acids is 1. The van der Waals surface area contributed by atoms with Gasteiger partial charge >= 0.3 is 13.6 Å². The molecule has 1 aromatic rings. The van der Waals surface area contributed by atoms with Crippen LogP contribution in [-0.2, 0) is 15.5 Å². The molecule has 2 heterocycles. The quantitative estimate of drug-likeness (QED) is 0.613. The molecular weight excluding hydrogens is 377 g/mol. The third-order valence-electron chi connectivity index (χ3n) is 5.62. The number of rotatable bonds is 9. The number of hydrogen-bond acceptors (Lipinski definition) is 4. The fourth-order valence-electron chi connectivity index (χ4n) is 3.92. The Morgan fingerprint density at radius 1 is 1.21 bits per heavy atom. The molecule has 0 radical (unpaired) electrons. The van der Waals surface area contributed by atoms with Crippen molar-refractivity contribution in [3.05, 3.63) is 29.8 Å². The summed E-state index contributed by atoms with van der Waals surface area (Å²) in [7, 11) is -3.50. The zero-order valence-electron chi connectivity index (χ0n) is 16.7. The number of anilines is 1. The van der Waals surface area contributed by atoms with Gasteiger partial charge in [0.1, 0.15) is 0 Å². The number of nitrogens with zero attached hydrogens (tertiary/aromatic N) is 2. The Bertz CT molecular complexity index is 691. The third-order valence-corrected chi connectivity index (χ3v) is 7.07. The average molecular weight is 409 g/mol. The molecule has 1 unspecified atom stereocenters. The Morgan fingerprint density at radius 3 is 2.61 bits per heavy atom. The second kappa shape index (κ2) is 9.88. The van der Waals surface area contributed by atoms with Crippen molar-refractivity contribution in [2.24, 2.45) is 5.92 Å². The highest BCUT2D eigenvalue weighted by Crippen LogP contribution is 2.42. The zero-order chi connectivity index (χ0) is 20.0. The first-order valence-electron chi connectivity index (χ1n) is 10.3. The van der Waals surface area contributed by atoms with Gasteiger partial charge in [-0.3, -0.25) is 9.46 Å². The minimum absolute atomic E-state index is 0.0814. The van der Waals surface area contributed by atoms with E-state index in [1.54, 1.807) is 6.92 Å². The van der Waals surface area contributed by atoms with Gasteiger partial charge < -0.3 is 19.6 Å². The molecule has 0 aromatic heterocycles. The van der Waals surface area contributed by atoms with Crippen molar-refractivity contribution in [2.75, 3.05) is 50.4 Å². The molecule has 8 heteroatoms. The molecule has 28 heavy (non-hydrogen) atoms. The molecule has 1 aromatic carbocycles. The molecule has 2 amide bonds. The highest BCUT2D eigenvalue weighted by Gasteiger charge is 2.30. The van der Waals surface area contributed by atoms with E-state index in [0.29, 0.717) is 13.0 Å². The number of nitrogens with one attached hydrogen (secondary N) is 1. The fourth-order valence-corrected chi connectivity index (χ4v) is 4.99. The SMILES string of the molecule is CCOP(=O)(O)CCc1ccc(N2CCN(CCC3CCNCC3)C2=O)cc1. The van der Waals surface area contributed by atoms with Crippen LogP contribution in [0.1, 0.15) is 31.7 Å². The molecule has 0 saturated carbocycles. The van der Waals surface area contributed by atoms with Crippen LogP contribution in [0.2, 0.25) is 0 Å². The zero-order valence-corrected chi connectivity index (χ0v) is 17.6. The number of amides is 2. The Labute approximate surface area is 167 Å². The van der Waals surface area contributed by atoms with Crippen LogP contribution < -0.4 is 10.2 Å². The Balaban J connectivity index is 1.49. The second-order valence-corrected chi connectivity index (χ2v) is 9.58. The average Bonchev–Trinajstić information content (AvgIpc) is 3.06. The van der Waals surface area contributed by atoms with Gasteiger partial charge in [0.2, 0.25) is 0 Å². The highest BCUT2D eigenvalue weighted by molar-refractivity contribution is 7.52. The number of carbonyl (C=O) groups is 1. The van der Waals surface area contributed by atoms with Crippen LogP contribution in [0.25, 0.3) is 0 Å². The van der Waals surface area contributed by atoms with Crippen molar-refractivity contribution in [2.45, 2.75) is 32.6 Å². The normalized spacial score (nSPS) is 20.6. The maximum atomic E-state index is 12.7. The van der Waals surface area contributed by atoms with Gasteiger partial charge in [0.25, 0.3) is 0 Å². The van der Waals surface area contributed by atoms with Crippen molar-refractivity contribution < 1.29 is 18.8 Å². The lowest BCUT2D eigenvalue weighted by molar-refractivity contribution is 0.214. The maximum Gasteiger partial charge on any atom is 0.328 e. The van der Waals surface area contributed by atoms with E-state index in [1.165, 1.54) is 12.8 Å². The first kappa shape index (κ1) is 21.3. The van der Waals surface area contributed by atoms with Crippen LogP contribution in [0.5, 0.6) is 0 Å². The predicted octanol–water partition coefficient (Wildman–Crippen LogP) is 3.08. The van der Waals surface area contributed by atoms with Crippen LogP contribution >= 0.6 is 7.60 Å². The summed E-state index contributed by atoms with van der Waals surface area (Å²) in [5, 5.41) is 3.38. The van der Waals surface area contributed by atoms with Crippen LogP contribution in [0.3, 0.4) is 0 Å². The van der Waals surface area contributed by atoms with Crippen molar-refractivity contribution in [3.63, 3.8) is 0 Å². The van der Waals surface area contributed by atoms with E-state index in [2.05, 4.69) is 5.32 Å². The van der Waals surface area contributed by atoms with Gasteiger partial charge in [-0.25, -0.2) is 4.79 Å². The molecule has 0 bridgehead atoms. The molecule has 156 valence electrons. The third kappa shape index (κ3) is 5.80. The Hall–Kier alpha value is -1.40. The summed E-state index contributed by atoms with van der Waals surface area (Å²) >= 11 is 0. The van der Waals surface area contributed by atoms with E-state index in [1.807, 2.05) is 34.1 Å². The largest absolute Gasteiger partial charge is 0.328 e. The van der Waals surface area contributed by atoms with E-state index < -0.39 is 7.60 Å². The number of piperidine rings is 1. The molecule has 7 nitrogen and oxygen atoms in total. The molecular formula is C20H32N3O4P. The highest BCUT2D eigenvalue weighted by atomic mass is 31.2. The van der Waals surface area contributed by atoms with Crippen molar-refractivity contribution in [1.29, 1.82) is 0 Å². The smallest absolute Gasteiger partial charge is 0.324 e. The lowest BCUT2D eigenvalue weighted by Crippen LogP contribution is -2.34. The topological polar surface area (TPSA) is 82.1 Å². The molecule has 0 spiro atoms. The molecule has 0 aliphatic carbocycles. The molecule has 2 aliphatic heterocycles. The van der Waals surface area contributed by atoms with Gasteiger partial charge in [-0.1, -0.05) is 12.1 Å². The Morgan fingerprint density at radius 2 is 1.93 bits per heavy atom. The summed E-state index contributed by atoms with van der Waals surface area (Å²) in [5.74, 6) is 0.724. The first-order chi connectivity index (χ1) is 13.5. The van der Waals surface area contributed by atoms with Crippen LogP contribution in [-0.4, -0.2) is 61.3 Å². The van der Waals surface area contributed by atoms with Gasteiger partial charge in [-0.15, -0.1) is 0 Å². The van der Waals surface area contributed by atoms with Crippen molar-refractivity contribution in [1.82, 2.24) is 10.2 Å². The van der Waals surface area contributed by atoms with Gasteiger partial charge in [-0.2, -0.15) is 0 Å². The maximum absolute atomic E-state index is 12.7. The molecule has 3 rings (SSSR count). The summed E-state index contributed by atoms with van der Waals surface area (Å²) in [5.41, 5.74) is 1.85. The summed E-state index contributed by atoms with van der Waals surface area (Å²) in [6, 6.07) is 7.77. The summed E-state index contributed by atoms with van der Waals surface area (Å²) in [4.78, 5) is 26.2. The first-order valence-corrected chi connectivity index (χ1v) is 12.1. The standard InChI is InChI=1S/C20H32N3O4P/c1-2-27-28(25,26)16-10-17-3-5-19(6-4-17)23-15-14-22(20(23)24)13-9-18-7-11-21-12-8-18/h3-6,18,21H,2,7-16H2,1H3,(H,25,26). The van der Waals surface area contributed by atoms with E-state index in [-0.39, 0.29) is 18.8 Å². The number of benzene rings is 1.